The van der Waals surface area contributed by atoms with Crippen molar-refractivity contribution in [2.45, 2.75) is 26.4 Å². The Hall–Kier alpha value is -1.59. The van der Waals surface area contributed by atoms with Crippen LogP contribution in [0.2, 0.25) is 0 Å². The monoisotopic (exact) mass is 264 g/mol. The second-order valence-electron chi connectivity index (χ2n) is 4.00. The largest absolute Gasteiger partial charge is 0.504 e. The molecule has 0 radical (unpaired) electrons. The number of nitrogens with zero attached hydrogens (tertiary/aromatic N) is 1. The number of phenolic OH excluding ortho intramolecular Hbond substituents is 2. The topological polar surface area (TPSA) is 65.4 Å². The number of thiazole rings is 1. The molecule has 5 heteroatoms. The van der Waals surface area contributed by atoms with E-state index >= 15 is 0 Å². The standard InChI is InChI=1S/C13H16N2O2S/c1-2-10-7-15-13(18-10)8-14-6-9-3-4-11(16)12(17)5-9/h3-5,7,14,16-17H,2,6,8H2,1H3. The van der Waals surface area contributed by atoms with E-state index in [1.165, 1.54) is 10.9 Å². The molecule has 0 amide bonds. The van der Waals surface area contributed by atoms with Crippen molar-refractivity contribution in [1.29, 1.82) is 0 Å². The molecule has 0 saturated carbocycles. The van der Waals surface area contributed by atoms with Crippen molar-refractivity contribution < 1.29 is 10.2 Å². The summed E-state index contributed by atoms with van der Waals surface area (Å²) in [4.78, 5) is 5.60. The lowest BCUT2D eigenvalue weighted by Crippen LogP contribution is -2.12. The first-order valence-corrected chi connectivity index (χ1v) is 6.66. The Balaban J connectivity index is 1.86. The first-order chi connectivity index (χ1) is 8.69. The highest BCUT2D eigenvalue weighted by molar-refractivity contribution is 7.11. The Kier molecular flexibility index (Phi) is 4.17. The molecule has 0 aliphatic carbocycles. The number of aryl methyl sites for hydroxylation is 1. The number of nitrogens with one attached hydrogen (secondary N) is 1. The summed E-state index contributed by atoms with van der Waals surface area (Å²) in [5.41, 5.74) is 0.928. The van der Waals surface area contributed by atoms with Crippen LogP contribution in [0, 0.1) is 0 Å². The van der Waals surface area contributed by atoms with Crippen LogP contribution in [0.3, 0.4) is 0 Å². The summed E-state index contributed by atoms with van der Waals surface area (Å²) in [6.07, 6.45) is 2.93. The quantitative estimate of drug-likeness (QED) is 0.726. The van der Waals surface area contributed by atoms with Crippen molar-refractivity contribution in [3.05, 3.63) is 39.8 Å². The van der Waals surface area contributed by atoms with E-state index in [9.17, 15) is 10.2 Å². The van der Waals surface area contributed by atoms with Crippen molar-refractivity contribution >= 4 is 11.3 Å². The average Bonchev–Trinajstić information content (AvgIpc) is 2.82. The molecule has 0 atom stereocenters. The summed E-state index contributed by atoms with van der Waals surface area (Å²) in [6, 6.07) is 4.83. The fourth-order valence-electron chi connectivity index (χ4n) is 1.59. The number of rotatable bonds is 5. The van der Waals surface area contributed by atoms with Gasteiger partial charge in [0.25, 0.3) is 0 Å². The van der Waals surface area contributed by atoms with Crippen LogP contribution in [0.5, 0.6) is 11.5 Å². The van der Waals surface area contributed by atoms with Gasteiger partial charge in [0.05, 0.1) is 0 Å². The molecule has 0 saturated heterocycles. The van der Waals surface area contributed by atoms with Crippen LogP contribution in [-0.2, 0) is 19.5 Å². The number of hydrogen-bond acceptors (Lipinski definition) is 5. The van der Waals surface area contributed by atoms with Crippen molar-refractivity contribution in [1.82, 2.24) is 10.3 Å². The van der Waals surface area contributed by atoms with Crippen molar-refractivity contribution in [3.8, 4) is 11.5 Å². The Bertz CT molecular complexity index is 525. The maximum Gasteiger partial charge on any atom is 0.157 e. The van der Waals surface area contributed by atoms with Crippen molar-refractivity contribution in [2.24, 2.45) is 0 Å². The van der Waals surface area contributed by atoms with E-state index in [2.05, 4.69) is 17.2 Å². The maximum atomic E-state index is 9.36. The third kappa shape index (κ3) is 3.21. The second-order valence-corrected chi connectivity index (χ2v) is 5.20. The lowest BCUT2D eigenvalue weighted by Gasteiger charge is -2.04. The molecule has 0 unspecified atom stereocenters. The minimum absolute atomic E-state index is 0.0863. The van der Waals surface area contributed by atoms with Gasteiger partial charge in [0.15, 0.2) is 11.5 Å². The molecule has 1 heterocycles. The summed E-state index contributed by atoms with van der Waals surface area (Å²) in [6.45, 7) is 3.46. The van der Waals surface area contributed by atoms with Crippen LogP contribution in [0.15, 0.2) is 24.4 Å². The van der Waals surface area contributed by atoms with Gasteiger partial charge in [0, 0.05) is 24.2 Å². The molecule has 96 valence electrons. The predicted octanol–water partition coefficient (Wildman–Crippen LogP) is 2.41. The van der Waals surface area contributed by atoms with Gasteiger partial charge in [0.1, 0.15) is 5.01 Å². The van der Waals surface area contributed by atoms with Gasteiger partial charge in [-0.15, -0.1) is 11.3 Å². The van der Waals surface area contributed by atoms with E-state index in [1.54, 1.807) is 23.5 Å². The summed E-state index contributed by atoms with van der Waals surface area (Å²) < 4.78 is 0. The SMILES string of the molecule is CCc1cnc(CNCc2ccc(O)c(O)c2)s1. The Morgan fingerprint density at radius 2 is 2.06 bits per heavy atom. The molecule has 2 rings (SSSR count). The zero-order chi connectivity index (χ0) is 13.0. The zero-order valence-corrected chi connectivity index (χ0v) is 11.0. The van der Waals surface area contributed by atoms with Crippen LogP contribution < -0.4 is 5.32 Å². The molecule has 0 bridgehead atoms. The summed E-state index contributed by atoms with van der Waals surface area (Å²) in [5.74, 6) is -0.178. The van der Waals surface area contributed by atoms with Gasteiger partial charge in [-0.1, -0.05) is 13.0 Å². The molecule has 0 aliphatic rings. The highest BCUT2D eigenvalue weighted by Crippen LogP contribution is 2.24. The highest BCUT2D eigenvalue weighted by Gasteiger charge is 2.02. The van der Waals surface area contributed by atoms with E-state index < -0.39 is 0 Å². The molecule has 4 nitrogen and oxygen atoms in total. The van der Waals surface area contributed by atoms with Crippen LogP contribution >= 0.6 is 11.3 Å². The zero-order valence-electron chi connectivity index (χ0n) is 10.2. The smallest absolute Gasteiger partial charge is 0.157 e. The maximum absolute atomic E-state index is 9.36. The molecule has 2 aromatic rings. The minimum atomic E-state index is -0.0914. The molecule has 1 aromatic heterocycles. The molecule has 0 spiro atoms. The third-order valence-corrected chi connectivity index (χ3v) is 3.74. The summed E-state index contributed by atoms with van der Waals surface area (Å²) in [7, 11) is 0. The highest BCUT2D eigenvalue weighted by atomic mass is 32.1. The lowest BCUT2D eigenvalue weighted by molar-refractivity contribution is 0.403. The lowest BCUT2D eigenvalue weighted by atomic mass is 10.2. The molecule has 1 aromatic carbocycles. The van der Waals surface area contributed by atoms with Crippen molar-refractivity contribution in [2.75, 3.05) is 0 Å². The molecule has 0 fully saturated rings. The first kappa shape index (κ1) is 12.9. The predicted molar refractivity (Wildman–Crippen MR) is 71.8 cm³/mol. The van der Waals surface area contributed by atoms with Gasteiger partial charge in [-0.3, -0.25) is 0 Å². The number of aromatic hydroxyl groups is 2. The normalized spacial score (nSPS) is 10.7. The summed E-state index contributed by atoms with van der Waals surface area (Å²) >= 11 is 1.71. The van der Waals surface area contributed by atoms with E-state index in [0.29, 0.717) is 13.1 Å². The van der Waals surface area contributed by atoms with Gasteiger partial charge >= 0.3 is 0 Å². The van der Waals surface area contributed by atoms with Gasteiger partial charge in [-0.25, -0.2) is 4.98 Å². The molecular weight excluding hydrogens is 248 g/mol. The molecule has 18 heavy (non-hydrogen) atoms. The molecule has 0 aliphatic heterocycles. The van der Waals surface area contributed by atoms with Gasteiger partial charge < -0.3 is 15.5 Å². The van der Waals surface area contributed by atoms with Gasteiger partial charge in [-0.2, -0.15) is 0 Å². The van der Waals surface area contributed by atoms with Crippen LogP contribution in [0.25, 0.3) is 0 Å². The average molecular weight is 264 g/mol. The number of benzene rings is 1. The number of phenols is 2. The van der Waals surface area contributed by atoms with Crippen LogP contribution in [-0.4, -0.2) is 15.2 Å². The number of hydrogen-bond donors (Lipinski definition) is 3. The molecule has 3 N–H and O–H groups in total. The fourth-order valence-corrected chi connectivity index (χ4v) is 2.42. The van der Waals surface area contributed by atoms with E-state index in [1.807, 2.05) is 6.20 Å². The Morgan fingerprint density at radius 3 is 2.72 bits per heavy atom. The van der Waals surface area contributed by atoms with E-state index in [0.717, 1.165) is 17.0 Å². The third-order valence-electron chi connectivity index (χ3n) is 2.60. The van der Waals surface area contributed by atoms with Crippen molar-refractivity contribution in [3.63, 3.8) is 0 Å². The summed E-state index contributed by atoms with van der Waals surface area (Å²) in [5, 5.41) is 22.9. The molecular formula is C13H16N2O2S. The van der Waals surface area contributed by atoms with Crippen LogP contribution in [0.1, 0.15) is 22.4 Å². The minimum Gasteiger partial charge on any atom is -0.504 e. The number of aromatic nitrogens is 1. The second kappa shape index (κ2) is 5.84. The van der Waals surface area contributed by atoms with Gasteiger partial charge in [-0.05, 0) is 24.1 Å². The van der Waals surface area contributed by atoms with Crippen LogP contribution in [0.4, 0.5) is 0 Å². The Labute approximate surface area is 110 Å². The first-order valence-electron chi connectivity index (χ1n) is 5.84. The van der Waals surface area contributed by atoms with E-state index in [-0.39, 0.29) is 11.5 Å². The Morgan fingerprint density at radius 1 is 1.22 bits per heavy atom. The van der Waals surface area contributed by atoms with E-state index in [4.69, 9.17) is 0 Å². The van der Waals surface area contributed by atoms with Gasteiger partial charge in [0.2, 0.25) is 0 Å². The fraction of sp³-hybridized carbons (Fsp3) is 0.308.